The lowest BCUT2D eigenvalue weighted by Gasteiger charge is -2.17. The average molecular weight is 718 g/mol. The number of halogens is 2. The number of anilines is 1. The predicted molar refractivity (Wildman–Crippen MR) is 182 cm³/mol. The smallest absolute Gasteiger partial charge is 0.282 e. The van der Waals surface area contributed by atoms with Gasteiger partial charge in [-0.25, -0.2) is 4.98 Å². The van der Waals surface area contributed by atoms with E-state index in [1.807, 2.05) is 55.5 Å². The lowest BCUT2D eigenvalue weighted by Crippen LogP contribution is -2.21. The number of hydrogen-bond donors (Lipinski definition) is 1. The number of aryl methyl sites for hydroxylation is 1. The van der Waals surface area contributed by atoms with E-state index in [0.717, 1.165) is 22.4 Å². The number of ether oxygens (including phenoxy) is 2. The van der Waals surface area contributed by atoms with Crippen LogP contribution < -0.4 is 20.3 Å². The van der Waals surface area contributed by atoms with Crippen LogP contribution in [0.15, 0.2) is 97.7 Å². The second-order valence-corrected chi connectivity index (χ2v) is 12.1. The minimum absolute atomic E-state index is 0.180. The monoisotopic (exact) mass is 716 g/mol. The molecule has 1 N–H and O–H groups in total. The molecular formula is C34H30Br2N4O4. The summed E-state index contributed by atoms with van der Waals surface area (Å²) in [6.07, 6.45) is 1.59. The standard InChI is InChI=1S/C34H30Br2N4O4/c1-20(2)25-17-26(21(3)14-30(25)43-4)33-39-29-13-9-8-12-24(29)34(42)40(33)37-18-22-15-27(35)32(28(36)16-22)44-19-31(41)38-23-10-6-5-7-11-23/h5-18,20H,19H2,1-4H3,(H,38,41). The Hall–Kier alpha value is -4.28. The zero-order valence-corrected chi connectivity index (χ0v) is 27.8. The largest absolute Gasteiger partial charge is 0.496 e. The summed E-state index contributed by atoms with van der Waals surface area (Å²) in [6.45, 7) is 5.97. The van der Waals surface area contributed by atoms with Gasteiger partial charge in [0.25, 0.3) is 11.5 Å². The molecule has 224 valence electrons. The van der Waals surface area contributed by atoms with Crippen LogP contribution in [0.5, 0.6) is 11.5 Å². The SMILES string of the molecule is COc1cc(C)c(-c2nc3ccccc3c(=O)n2N=Cc2cc(Br)c(OCC(=O)Nc3ccccc3)c(Br)c2)cc1C(C)C. The molecule has 1 heterocycles. The molecule has 1 amide bonds. The van der Waals surface area contributed by atoms with Crippen LogP contribution in [0, 0.1) is 6.92 Å². The number of carbonyl (C=O) groups excluding carboxylic acids is 1. The van der Waals surface area contributed by atoms with Crippen LogP contribution in [0.25, 0.3) is 22.3 Å². The molecule has 0 spiro atoms. The van der Waals surface area contributed by atoms with Gasteiger partial charge in [0, 0.05) is 11.3 Å². The molecule has 5 rings (SSSR count). The molecule has 8 nitrogen and oxygen atoms in total. The second kappa shape index (κ2) is 13.6. The van der Waals surface area contributed by atoms with Crippen molar-refractivity contribution < 1.29 is 14.3 Å². The van der Waals surface area contributed by atoms with Crippen molar-refractivity contribution in [3.63, 3.8) is 0 Å². The number of methoxy groups -OCH3 is 1. The molecule has 0 saturated heterocycles. The number of rotatable bonds is 9. The highest BCUT2D eigenvalue weighted by molar-refractivity contribution is 9.11. The predicted octanol–water partition coefficient (Wildman–Crippen LogP) is 7.93. The number of hydrogen-bond acceptors (Lipinski definition) is 6. The first-order valence-electron chi connectivity index (χ1n) is 13.9. The van der Waals surface area contributed by atoms with Gasteiger partial charge in [-0.1, -0.05) is 44.2 Å². The molecule has 1 aromatic heterocycles. The summed E-state index contributed by atoms with van der Waals surface area (Å²) in [5.41, 5.74) is 4.37. The Morgan fingerprint density at radius 3 is 2.39 bits per heavy atom. The Morgan fingerprint density at radius 1 is 1.02 bits per heavy atom. The zero-order chi connectivity index (χ0) is 31.4. The minimum Gasteiger partial charge on any atom is -0.496 e. The summed E-state index contributed by atoms with van der Waals surface area (Å²) < 4.78 is 14.0. The van der Waals surface area contributed by atoms with Gasteiger partial charge in [-0.3, -0.25) is 9.59 Å². The van der Waals surface area contributed by atoms with Crippen LogP contribution in [0.1, 0.15) is 36.5 Å². The maximum atomic E-state index is 13.8. The summed E-state index contributed by atoms with van der Waals surface area (Å²) in [6, 6.07) is 24.0. The highest BCUT2D eigenvalue weighted by Crippen LogP contribution is 2.36. The highest BCUT2D eigenvalue weighted by Gasteiger charge is 2.19. The Kier molecular flexibility index (Phi) is 9.61. The Bertz CT molecular complexity index is 1920. The van der Waals surface area contributed by atoms with Gasteiger partial charge in [0.05, 0.1) is 33.2 Å². The van der Waals surface area contributed by atoms with Crippen molar-refractivity contribution in [2.24, 2.45) is 5.10 Å². The molecule has 10 heteroatoms. The maximum Gasteiger partial charge on any atom is 0.282 e. The third-order valence-corrected chi connectivity index (χ3v) is 8.12. The first kappa shape index (κ1) is 31.2. The maximum absolute atomic E-state index is 13.8. The number of fused-ring (bicyclic) bond motifs is 1. The van der Waals surface area contributed by atoms with E-state index < -0.39 is 0 Å². The first-order chi connectivity index (χ1) is 21.2. The highest BCUT2D eigenvalue weighted by atomic mass is 79.9. The fourth-order valence-electron chi connectivity index (χ4n) is 4.74. The number of amides is 1. The van der Waals surface area contributed by atoms with Gasteiger partial charge in [0.15, 0.2) is 12.4 Å². The van der Waals surface area contributed by atoms with Crippen molar-refractivity contribution in [2.75, 3.05) is 19.0 Å². The normalized spacial score (nSPS) is 11.3. The van der Waals surface area contributed by atoms with E-state index in [1.54, 1.807) is 43.7 Å². The number of carbonyl (C=O) groups is 1. The molecule has 5 aromatic rings. The van der Waals surface area contributed by atoms with Crippen LogP contribution in [-0.4, -0.2) is 35.5 Å². The lowest BCUT2D eigenvalue weighted by molar-refractivity contribution is -0.118. The van der Waals surface area contributed by atoms with E-state index >= 15 is 0 Å². The van der Waals surface area contributed by atoms with Crippen molar-refractivity contribution in [3.05, 3.63) is 115 Å². The van der Waals surface area contributed by atoms with Gasteiger partial charge >= 0.3 is 0 Å². The van der Waals surface area contributed by atoms with Crippen molar-refractivity contribution in [1.29, 1.82) is 0 Å². The third kappa shape index (κ3) is 6.76. The van der Waals surface area contributed by atoms with E-state index in [0.29, 0.717) is 42.7 Å². The Morgan fingerprint density at radius 2 is 1.70 bits per heavy atom. The molecule has 0 saturated carbocycles. The third-order valence-electron chi connectivity index (χ3n) is 6.94. The number of nitrogens with zero attached hydrogens (tertiary/aromatic N) is 3. The van der Waals surface area contributed by atoms with E-state index in [2.05, 4.69) is 56.1 Å². The van der Waals surface area contributed by atoms with Crippen molar-refractivity contribution in [2.45, 2.75) is 26.7 Å². The zero-order valence-electron chi connectivity index (χ0n) is 24.6. The van der Waals surface area contributed by atoms with Gasteiger partial charge in [-0.15, -0.1) is 0 Å². The van der Waals surface area contributed by atoms with Gasteiger partial charge in [-0.05, 0) is 110 Å². The molecule has 0 atom stereocenters. The van der Waals surface area contributed by atoms with Crippen LogP contribution in [0.4, 0.5) is 5.69 Å². The van der Waals surface area contributed by atoms with E-state index in [-0.39, 0.29) is 24.0 Å². The molecule has 0 fully saturated rings. The van der Waals surface area contributed by atoms with Crippen LogP contribution in [0.2, 0.25) is 0 Å². The lowest BCUT2D eigenvalue weighted by atomic mass is 9.96. The van der Waals surface area contributed by atoms with Crippen LogP contribution >= 0.6 is 31.9 Å². The van der Waals surface area contributed by atoms with Gasteiger partial charge in [-0.2, -0.15) is 9.78 Å². The molecule has 0 aliphatic heterocycles. The molecule has 4 aromatic carbocycles. The fraction of sp³-hybridized carbons (Fsp3) is 0.176. The summed E-state index contributed by atoms with van der Waals surface area (Å²) in [7, 11) is 1.65. The van der Waals surface area contributed by atoms with Crippen molar-refractivity contribution in [3.8, 4) is 22.9 Å². The van der Waals surface area contributed by atoms with Crippen molar-refractivity contribution in [1.82, 2.24) is 9.66 Å². The van der Waals surface area contributed by atoms with E-state index in [1.165, 1.54) is 4.68 Å². The quantitative estimate of drug-likeness (QED) is 0.156. The Labute approximate surface area is 272 Å². The van der Waals surface area contributed by atoms with Crippen LogP contribution in [-0.2, 0) is 4.79 Å². The molecule has 0 radical (unpaired) electrons. The average Bonchev–Trinajstić information content (AvgIpc) is 3.00. The summed E-state index contributed by atoms with van der Waals surface area (Å²) >= 11 is 7.09. The van der Waals surface area contributed by atoms with Gasteiger partial charge in [0.1, 0.15) is 11.5 Å². The summed E-state index contributed by atoms with van der Waals surface area (Å²) in [4.78, 5) is 31.1. The van der Waals surface area contributed by atoms with Crippen molar-refractivity contribution >= 4 is 60.6 Å². The van der Waals surface area contributed by atoms with Crippen LogP contribution in [0.3, 0.4) is 0 Å². The van der Waals surface area contributed by atoms with E-state index in [9.17, 15) is 9.59 Å². The molecule has 0 aliphatic rings. The summed E-state index contributed by atoms with van der Waals surface area (Å²) in [5.74, 6) is 1.58. The Balaban J connectivity index is 1.50. The fourth-order valence-corrected chi connectivity index (χ4v) is 6.20. The topological polar surface area (TPSA) is 94.8 Å². The minimum atomic E-state index is -0.286. The van der Waals surface area contributed by atoms with E-state index in [4.69, 9.17) is 14.5 Å². The number of para-hydroxylation sites is 2. The molecule has 0 unspecified atom stereocenters. The molecular weight excluding hydrogens is 688 g/mol. The first-order valence-corrected chi connectivity index (χ1v) is 15.5. The molecule has 0 aliphatic carbocycles. The number of aromatic nitrogens is 2. The number of nitrogens with one attached hydrogen (secondary N) is 1. The van der Waals surface area contributed by atoms with Gasteiger partial charge < -0.3 is 14.8 Å². The number of benzene rings is 4. The second-order valence-electron chi connectivity index (χ2n) is 10.4. The molecule has 0 bridgehead atoms. The summed E-state index contributed by atoms with van der Waals surface area (Å²) in [5, 5.41) is 7.89. The van der Waals surface area contributed by atoms with Gasteiger partial charge in [0.2, 0.25) is 0 Å². The molecule has 44 heavy (non-hydrogen) atoms.